The molecule has 9 heteroatoms. The average molecular weight is 447 g/mol. The van der Waals surface area contributed by atoms with Gasteiger partial charge in [0, 0.05) is 37.1 Å². The summed E-state index contributed by atoms with van der Waals surface area (Å²) in [6.45, 7) is 3.10. The molecule has 0 spiro atoms. The van der Waals surface area contributed by atoms with E-state index in [1.165, 1.54) is 6.07 Å². The Kier molecular flexibility index (Phi) is 5.04. The second kappa shape index (κ2) is 7.89. The molecule has 162 valence electrons. The minimum absolute atomic E-state index is 0.108. The van der Waals surface area contributed by atoms with E-state index >= 15 is 0 Å². The highest BCUT2D eigenvalue weighted by Crippen LogP contribution is 2.31. The predicted octanol–water partition coefficient (Wildman–Crippen LogP) is 3.40. The number of nitrogens with one attached hydrogen (secondary N) is 1. The molecular weight excluding hydrogens is 424 g/mol. The summed E-state index contributed by atoms with van der Waals surface area (Å²) in [6, 6.07) is 14.1. The summed E-state index contributed by atoms with van der Waals surface area (Å²) in [5.74, 6) is 0.183. The minimum Gasteiger partial charge on any atom is -0.346 e. The molecule has 1 fully saturated rings. The van der Waals surface area contributed by atoms with Crippen molar-refractivity contribution >= 4 is 21.1 Å². The van der Waals surface area contributed by atoms with Gasteiger partial charge in [-0.15, -0.1) is 0 Å². The lowest BCUT2D eigenvalue weighted by Crippen LogP contribution is -2.34. The van der Waals surface area contributed by atoms with Gasteiger partial charge in [0.05, 0.1) is 39.5 Å². The number of aromatic amines is 1. The summed E-state index contributed by atoms with van der Waals surface area (Å²) in [5.41, 5.74) is 4.05. The highest BCUT2D eigenvalue weighted by Gasteiger charge is 2.38. The van der Waals surface area contributed by atoms with Crippen LogP contribution in [0, 0.1) is 17.2 Å². The summed E-state index contributed by atoms with van der Waals surface area (Å²) >= 11 is 0. The van der Waals surface area contributed by atoms with Crippen LogP contribution in [0.1, 0.15) is 18.9 Å². The van der Waals surface area contributed by atoms with Gasteiger partial charge in [0.25, 0.3) is 0 Å². The molecule has 4 aromatic rings. The molecule has 1 N–H and O–H groups in total. The number of pyridine rings is 1. The van der Waals surface area contributed by atoms with Crippen LogP contribution in [0.15, 0.2) is 66.0 Å². The van der Waals surface area contributed by atoms with E-state index in [-0.39, 0.29) is 16.9 Å². The van der Waals surface area contributed by atoms with E-state index in [2.05, 4.69) is 14.8 Å². The quantitative estimate of drug-likeness (QED) is 0.506. The summed E-state index contributed by atoms with van der Waals surface area (Å²) < 4.78 is 30.1. The van der Waals surface area contributed by atoms with Crippen molar-refractivity contribution in [2.45, 2.75) is 30.8 Å². The third-order valence-corrected chi connectivity index (χ3v) is 8.02. The molecule has 0 unspecified atom stereocenters. The molecule has 0 saturated carbocycles. The van der Waals surface area contributed by atoms with Crippen molar-refractivity contribution in [3.8, 4) is 17.3 Å². The minimum atomic E-state index is -3.65. The molecule has 2 atom stereocenters. The van der Waals surface area contributed by atoms with Gasteiger partial charge in [-0.1, -0.05) is 6.07 Å². The Labute approximate surface area is 186 Å². The predicted molar refractivity (Wildman–Crippen MR) is 120 cm³/mol. The number of benzene rings is 1. The standard InChI is InChI=1S/C23H22N6O2S/c1-16-9-18(15-29(16)32(30,31)20-4-2-3-17(10-20)11-24)14-28-8-7-22-23(28)6-5-21(27-22)19-12-25-26-13-19/h2-8,10,12-13,16,18H,9,14-15H2,1H3,(H,25,26)/t16-,18+/m0/s1. The zero-order valence-corrected chi connectivity index (χ0v) is 18.3. The van der Waals surface area contributed by atoms with E-state index in [0.29, 0.717) is 18.7 Å². The van der Waals surface area contributed by atoms with Gasteiger partial charge >= 0.3 is 0 Å². The monoisotopic (exact) mass is 446 g/mol. The van der Waals surface area contributed by atoms with Gasteiger partial charge in [0.15, 0.2) is 0 Å². The second-order valence-corrected chi connectivity index (χ2v) is 10.1. The fourth-order valence-electron chi connectivity index (χ4n) is 4.50. The number of sulfonamides is 1. The Morgan fingerprint density at radius 2 is 2.12 bits per heavy atom. The van der Waals surface area contributed by atoms with E-state index in [0.717, 1.165) is 28.7 Å². The van der Waals surface area contributed by atoms with Crippen molar-refractivity contribution in [2.24, 2.45) is 5.92 Å². The first-order chi connectivity index (χ1) is 15.5. The average Bonchev–Trinajstić information content (AvgIpc) is 3.54. The number of hydrogen-bond donors (Lipinski definition) is 1. The highest BCUT2D eigenvalue weighted by molar-refractivity contribution is 7.89. The Morgan fingerprint density at radius 1 is 1.25 bits per heavy atom. The van der Waals surface area contributed by atoms with Crippen molar-refractivity contribution in [1.82, 2.24) is 24.1 Å². The highest BCUT2D eigenvalue weighted by atomic mass is 32.2. The van der Waals surface area contributed by atoms with E-state index in [1.807, 2.05) is 43.6 Å². The van der Waals surface area contributed by atoms with Crippen LogP contribution in [0.5, 0.6) is 0 Å². The maximum Gasteiger partial charge on any atom is 0.243 e. The van der Waals surface area contributed by atoms with Gasteiger partial charge in [-0.25, -0.2) is 13.4 Å². The summed E-state index contributed by atoms with van der Waals surface area (Å²) in [7, 11) is -3.65. The molecule has 8 nitrogen and oxygen atoms in total. The number of rotatable bonds is 5. The van der Waals surface area contributed by atoms with Gasteiger partial charge in [0.1, 0.15) is 0 Å². The summed E-state index contributed by atoms with van der Waals surface area (Å²) in [5, 5.41) is 15.9. The van der Waals surface area contributed by atoms with Crippen molar-refractivity contribution in [3.05, 3.63) is 66.6 Å². The number of fused-ring (bicyclic) bond motifs is 1. The number of hydrogen-bond acceptors (Lipinski definition) is 5. The first kappa shape index (κ1) is 20.4. The molecule has 4 heterocycles. The van der Waals surface area contributed by atoms with Gasteiger partial charge < -0.3 is 4.57 Å². The largest absolute Gasteiger partial charge is 0.346 e. The second-order valence-electron chi connectivity index (χ2n) is 8.22. The Morgan fingerprint density at radius 3 is 2.91 bits per heavy atom. The first-order valence-electron chi connectivity index (χ1n) is 10.4. The zero-order chi connectivity index (χ0) is 22.3. The number of aromatic nitrogens is 4. The molecule has 0 radical (unpaired) electrons. The normalized spacial score (nSPS) is 19.4. The van der Waals surface area contributed by atoms with Crippen LogP contribution in [0.2, 0.25) is 0 Å². The third-order valence-electron chi connectivity index (χ3n) is 6.05. The lowest BCUT2D eigenvalue weighted by molar-refractivity contribution is 0.399. The lowest BCUT2D eigenvalue weighted by Gasteiger charge is -2.21. The molecule has 0 bridgehead atoms. The van der Waals surface area contributed by atoms with Gasteiger partial charge in [-0.2, -0.15) is 14.7 Å². The van der Waals surface area contributed by atoms with E-state index < -0.39 is 10.0 Å². The lowest BCUT2D eigenvalue weighted by atomic mass is 10.1. The van der Waals surface area contributed by atoms with Crippen molar-refractivity contribution in [2.75, 3.05) is 6.54 Å². The van der Waals surface area contributed by atoms with Crippen molar-refractivity contribution < 1.29 is 8.42 Å². The van der Waals surface area contributed by atoms with Crippen LogP contribution in [-0.4, -0.2) is 45.1 Å². The van der Waals surface area contributed by atoms with Crippen LogP contribution in [0.3, 0.4) is 0 Å². The molecular formula is C23H22N6O2S. The van der Waals surface area contributed by atoms with Crippen LogP contribution in [0.4, 0.5) is 0 Å². The summed E-state index contributed by atoms with van der Waals surface area (Å²) in [4.78, 5) is 4.90. The molecule has 1 aliphatic heterocycles. The molecule has 1 aromatic carbocycles. The van der Waals surface area contributed by atoms with Gasteiger partial charge in [0.2, 0.25) is 10.0 Å². The van der Waals surface area contributed by atoms with Gasteiger partial charge in [-0.05, 0) is 55.7 Å². The molecule has 5 rings (SSSR count). The zero-order valence-electron chi connectivity index (χ0n) is 17.5. The smallest absolute Gasteiger partial charge is 0.243 e. The number of nitriles is 1. The van der Waals surface area contributed by atoms with Crippen molar-refractivity contribution in [1.29, 1.82) is 5.26 Å². The van der Waals surface area contributed by atoms with Crippen LogP contribution >= 0.6 is 0 Å². The number of H-pyrrole nitrogens is 1. The van der Waals surface area contributed by atoms with Gasteiger partial charge in [-0.3, -0.25) is 5.10 Å². The van der Waals surface area contributed by atoms with Crippen LogP contribution in [0.25, 0.3) is 22.3 Å². The maximum atomic E-state index is 13.2. The van der Waals surface area contributed by atoms with Crippen molar-refractivity contribution in [3.63, 3.8) is 0 Å². The first-order valence-corrected chi connectivity index (χ1v) is 11.9. The summed E-state index contributed by atoms with van der Waals surface area (Å²) in [6.07, 6.45) is 6.34. The van der Waals surface area contributed by atoms with Crippen LogP contribution < -0.4 is 0 Å². The third kappa shape index (κ3) is 3.57. The molecule has 3 aromatic heterocycles. The Bertz CT molecular complexity index is 1420. The maximum absolute atomic E-state index is 13.2. The van der Waals surface area contributed by atoms with E-state index in [1.54, 1.807) is 28.7 Å². The van der Waals surface area contributed by atoms with E-state index in [9.17, 15) is 8.42 Å². The topological polar surface area (TPSA) is 108 Å². The molecule has 1 saturated heterocycles. The molecule has 1 aliphatic rings. The van der Waals surface area contributed by atoms with Crippen LogP contribution in [-0.2, 0) is 16.6 Å². The van der Waals surface area contributed by atoms with E-state index in [4.69, 9.17) is 10.2 Å². The Hall–Kier alpha value is -3.48. The number of nitrogens with zero attached hydrogens (tertiary/aromatic N) is 5. The fraction of sp³-hybridized carbons (Fsp3) is 0.261. The molecule has 32 heavy (non-hydrogen) atoms. The SMILES string of the molecule is C[C@H]1C[C@H](Cn2ccc3nc(-c4cn[nH]c4)ccc32)CN1S(=O)(=O)c1cccc(C#N)c1. The molecule has 0 amide bonds. The Balaban J connectivity index is 1.36. The fourth-order valence-corrected chi connectivity index (χ4v) is 6.26. The molecule has 0 aliphatic carbocycles.